The summed E-state index contributed by atoms with van der Waals surface area (Å²) in [4.78, 5) is 11.7. The topological polar surface area (TPSA) is 62.5 Å². The van der Waals surface area contributed by atoms with Gasteiger partial charge in [0.25, 0.3) is 0 Å². The molecule has 134 valence electrons. The lowest BCUT2D eigenvalue weighted by molar-refractivity contribution is -0.254. The van der Waals surface area contributed by atoms with Crippen LogP contribution in [0.25, 0.3) is 22.3 Å². The first-order valence-corrected chi connectivity index (χ1v) is 8.33. The molecule has 0 bridgehead atoms. The van der Waals surface area contributed by atoms with Crippen molar-refractivity contribution in [2.45, 2.75) is 6.61 Å². The van der Waals surface area contributed by atoms with Crippen LogP contribution in [0.5, 0.6) is 5.75 Å². The number of carbonyl (C=O) groups excluding carboxylic acids is 1. The molecule has 0 amide bonds. The van der Waals surface area contributed by atoms with Crippen molar-refractivity contribution in [1.82, 2.24) is 0 Å². The minimum atomic E-state index is -1.33. The van der Waals surface area contributed by atoms with E-state index in [1.54, 1.807) is 60.7 Å². The van der Waals surface area contributed by atoms with Gasteiger partial charge < -0.3 is 19.1 Å². The van der Waals surface area contributed by atoms with Crippen LogP contribution in [0.15, 0.2) is 77.2 Å². The van der Waals surface area contributed by atoms with Crippen molar-refractivity contribution < 1.29 is 23.4 Å². The third-order valence-corrected chi connectivity index (χ3v) is 4.25. The van der Waals surface area contributed by atoms with Crippen molar-refractivity contribution in [3.05, 3.63) is 89.7 Å². The summed E-state index contributed by atoms with van der Waals surface area (Å²) in [5.41, 5.74) is 1.43. The molecule has 1 aromatic heterocycles. The van der Waals surface area contributed by atoms with Crippen molar-refractivity contribution >= 4 is 16.9 Å². The van der Waals surface area contributed by atoms with Crippen molar-refractivity contribution in [3.63, 3.8) is 0 Å². The number of ether oxygens (including phenoxy) is 1. The molecule has 0 saturated heterocycles. The van der Waals surface area contributed by atoms with Gasteiger partial charge in [-0.05, 0) is 24.3 Å². The first kappa shape index (κ1) is 16.8. The molecule has 0 spiro atoms. The fourth-order valence-corrected chi connectivity index (χ4v) is 2.94. The van der Waals surface area contributed by atoms with E-state index in [1.165, 1.54) is 6.07 Å². The van der Waals surface area contributed by atoms with Gasteiger partial charge in [-0.3, -0.25) is 0 Å². The number of fused-ring (bicyclic) bond motifs is 1. The van der Waals surface area contributed by atoms with Crippen molar-refractivity contribution in [2.75, 3.05) is 0 Å². The maximum absolute atomic E-state index is 13.7. The Labute approximate surface area is 154 Å². The summed E-state index contributed by atoms with van der Waals surface area (Å²) in [5.74, 6) is -1.05. The molecule has 5 heteroatoms. The van der Waals surface area contributed by atoms with Gasteiger partial charge in [-0.1, -0.05) is 48.5 Å². The Kier molecular flexibility index (Phi) is 4.34. The predicted molar refractivity (Wildman–Crippen MR) is 96.7 cm³/mol. The summed E-state index contributed by atoms with van der Waals surface area (Å²) in [6.45, 7) is 0.0300. The zero-order valence-electron chi connectivity index (χ0n) is 14.1. The van der Waals surface area contributed by atoms with Crippen LogP contribution in [0, 0.1) is 5.82 Å². The average Bonchev–Trinajstić information content (AvgIpc) is 3.07. The molecule has 0 N–H and O–H groups in total. The predicted octanol–water partition coefficient (Wildman–Crippen LogP) is 4.18. The van der Waals surface area contributed by atoms with Crippen molar-refractivity contribution in [1.29, 1.82) is 0 Å². The van der Waals surface area contributed by atoms with Gasteiger partial charge in [0.2, 0.25) is 0 Å². The molecular formula is C22H14FO4-. The zero-order chi connectivity index (χ0) is 18.8. The van der Waals surface area contributed by atoms with Gasteiger partial charge in [-0.15, -0.1) is 0 Å². The standard InChI is InChI=1S/C22H15FO4/c23-18-9-5-4-8-15(18)13-26-16-10-11-19-17(12-16)20(22(24)25)21(27-19)14-6-2-1-3-7-14/h1-12H,13H2,(H,24,25)/p-1. The molecule has 0 saturated carbocycles. The molecule has 0 atom stereocenters. The maximum Gasteiger partial charge on any atom is 0.144 e. The van der Waals surface area contributed by atoms with Crippen LogP contribution in [-0.4, -0.2) is 5.97 Å². The third-order valence-electron chi connectivity index (χ3n) is 4.25. The fourth-order valence-electron chi connectivity index (χ4n) is 2.94. The molecule has 3 aromatic carbocycles. The second-order valence-electron chi connectivity index (χ2n) is 6.00. The largest absolute Gasteiger partial charge is 0.545 e. The van der Waals surface area contributed by atoms with Gasteiger partial charge in [-0.2, -0.15) is 0 Å². The Morgan fingerprint density at radius 3 is 2.48 bits per heavy atom. The molecule has 0 aliphatic carbocycles. The highest BCUT2D eigenvalue weighted by molar-refractivity contribution is 6.07. The smallest absolute Gasteiger partial charge is 0.144 e. The molecule has 0 aliphatic rings. The second-order valence-corrected chi connectivity index (χ2v) is 6.00. The highest BCUT2D eigenvalue weighted by Crippen LogP contribution is 2.35. The lowest BCUT2D eigenvalue weighted by Gasteiger charge is -2.08. The third kappa shape index (κ3) is 3.27. The number of halogens is 1. The monoisotopic (exact) mass is 361 g/mol. The molecule has 0 radical (unpaired) electrons. The molecule has 4 nitrogen and oxygen atoms in total. The summed E-state index contributed by atoms with van der Waals surface area (Å²) in [6.07, 6.45) is 0. The lowest BCUT2D eigenvalue weighted by atomic mass is 10.1. The molecule has 27 heavy (non-hydrogen) atoms. The van der Waals surface area contributed by atoms with Gasteiger partial charge in [0, 0.05) is 16.5 Å². The van der Waals surface area contributed by atoms with Crippen LogP contribution in [0.3, 0.4) is 0 Å². The average molecular weight is 361 g/mol. The molecule has 4 aromatic rings. The quantitative estimate of drug-likeness (QED) is 0.535. The van der Waals surface area contributed by atoms with Crippen LogP contribution < -0.4 is 9.84 Å². The highest BCUT2D eigenvalue weighted by Gasteiger charge is 2.17. The van der Waals surface area contributed by atoms with Gasteiger partial charge in [-0.25, -0.2) is 4.39 Å². The lowest BCUT2D eigenvalue weighted by Crippen LogP contribution is -2.22. The maximum atomic E-state index is 13.7. The number of hydrogen-bond donors (Lipinski definition) is 0. The summed E-state index contributed by atoms with van der Waals surface area (Å²) >= 11 is 0. The van der Waals surface area contributed by atoms with Crippen LogP contribution in [0.1, 0.15) is 15.9 Å². The first-order chi connectivity index (χ1) is 13.1. The van der Waals surface area contributed by atoms with Crippen LogP contribution in [-0.2, 0) is 6.61 Å². The molecule has 1 heterocycles. The number of aromatic carboxylic acids is 1. The Bertz CT molecular complexity index is 1120. The fraction of sp³-hybridized carbons (Fsp3) is 0.0455. The van der Waals surface area contributed by atoms with Crippen LogP contribution in [0.2, 0.25) is 0 Å². The van der Waals surface area contributed by atoms with E-state index in [-0.39, 0.29) is 23.7 Å². The van der Waals surface area contributed by atoms with E-state index < -0.39 is 5.97 Å². The Morgan fingerprint density at radius 2 is 1.74 bits per heavy atom. The van der Waals surface area contributed by atoms with Gasteiger partial charge in [0.1, 0.15) is 29.5 Å². The highest BCUT2D eigenvalue weighted by atomic mass is 19.1. The van der Waals surface area contributed by atoms with Gasteiger partial charge >= 0.3 is 0 Å². The van der Waals surface area contributed by atoms with E-state index in [4.69, 9.17) is 9.15 Å². The summed E-state index contributed by atoms with van der Waals surface area (Å²) in [5, 5.41) is 12.1. The minimum absolute atomic E-state index is 0.0300. The molecule has 0 fully saturated rings. The summed E-state index contributed by atoms with van der Waals surface area (Å²) < 4.78 is 25.1. The summed E-state index contributed by atoms with van der Waals surface area (Å²) in [6, 6.07) is 20.1. The number of hydrogen-bond acceptors (Lipinski definition) is 4. The number of carbonyl (C=O) groups is 1. The minimum Gasteiger partial charge on any atom is -0.545 e. The van der Waals surface area contributed by atoms with Crippen molar-refractivity contribution in [3.8, 4) is 17.1 Å². The SMILES string of the molecule is O=C([O-])c1c(-c2ccccc2)oc2ccc(OCc3ccccc3F)cc12. The van der Waals surface area contributed by atoms with Gasteiger partial charge in [0.05, 0.1) is 11.5 Å². The molecule has 4 rings (SSSR count). The van der Waals surface area contributed by atoms with E-state index in [1.807, 2.05) is 6.07 Å². The molecule has 0 unspecified atom stereocenters. The Morgan fingerprint density at radius 1 is 1.00 bits per heavy atom. The Balaban J connectivity index is 1.72. The van der Waals surface area contributed by atoms with Crippen LogP contribution >= 0.6 is 0 Å². The number of benzene rings is 3. The Hall–Kier alpha value is -3.60. The number of carboxylic acid groups (broad SMARTS) is 1. The van der Waals surface area contributed by atoms with E-state index in [9.17, 15) is 14.3 Å². The van der Waals surface area contributed by atoms with Crippen LogP contribution in [0.4, 0.5) is 4.39 Å². The van der Waals surface area contributed by atoms with E-state index in [0.717, 1.165) is 0 Å². The van der Waals surface area contributed by atoms with E-state index in [0.29, 0.717) is 27.8 Å². The second kappa shape index (κ2) is 6.96. The number of furan rings is 1. The number of carboxylic acids is 1. The molecule has 0 aliphatic heterocycles. The van der Waals surface area contributed by atoms with Gasteiger partial charge in [0.15, 0.2) is 0 Å². The van der Waals surface area contributed by atoms with E-state index >= 15 is 0 Å². The van der Waals surface area contributed by atoms with Crippen molar-refractivity contribution in [2.24, 2.45) is 0 Å². The van der Waals surface area contributed by atoms with E-state index in [2.05, 4.69) is 0 Å². The molecular weight excluding hydrogens is 347 g/mol. The summed E-state index contributed by atoms with van der Waals surface area (Å²) in [7, 11) is 0. The normalized spacial score (nSPS) is 10.9. The number of rotatable bonds is 5. The first-order valence-electron chi connectivity index (χ1n) is 8.33. The zero-order valence-corrected chi connectivity index (χ0v) is 14.1.